The van der Waals surface area contributed by atoms with Crippen molar-refractivity contribution in [2.24, 2.45) is 5.73 Å². The van der Waals surface area contributed by atoms with Crippen LogP contribution >= 0.6 is 23.1 Å². The Bertz CT molecular complexity index is 869. The van der Waals surface area contributed by atoms with Crippen molar-refractivity contribution in [3.63, 3.8) is 0 Å². The second kappa shape index (κ2) is 11.6. The highest BCUT2D eigenvalue weighted by atomic mass is 32.2. The highest BCUT2D eigenvalue weighted by molar-refractivity contribution is 8.01. The topological polar surface area (TPSA) is 96.5 Å². The van der Waals surface area contributed by atoms with E-state index < -0.39 is 5.97 Å². The normalized spacial score (nSPS) is 17.3. The molecule has 1 unspecified atom stereocenters. The van der Waals surface area contributed by atoms with E-state index in [1.165, 1.54) is 59.7 Å². The van der Waals surface area contributed by atoms with Gasteiger partial charge in [-0.1, -0.05) is 62.2 Å². The Labute approximate surface area is 192 Å². The van der Waals surface area contributed by atoms with Crippen LogP contribution in [0.15, 0.2) is 34.0 Å². The highest BCUT2D eigenvalue weighted by Gasteiger charge is 2.35. The van der Waals surface area contributed by atoms with Gasteiger partial charge in [0, 0.05) is 24.1 Å². The fourth-order valence-electron chi connectivity index (χ4n) is 3.96. The average molecular weight is 462 g/mol. The van der Waals surface area contributed by atoms with Crippen LogP contribution in [-0.2, 0) is 11.2 Å². The number of carbonyl (C=O) groups excluding carboxylic acids is 1. The number of nitrogens with two attached hydrogens (primary N) is 1. The summed E-state index contributed by atoms with van der Waals surface area (Å²) in [5, 5.41) is 10.5. The fourth-order valence-corrected chi connectivity index (χ4v) is 5.77. The van der Waals surface area contributed by atoms with Crippen molar-refractivity contribution in [3.05, 3.63) is 46.5 Å². The maximum absolute atomic E-state index is 12.5. The Morgan fingerprint density at radius 3 is 2.77 bits per heavy atom. The lowest BCUT2D eigenvalue weighted by molar-refractivity contribution is -0.128. The summed E-state index contributed by atoms with van der Waals surface area (Å²) in [4.78, 5) is 29.4. The minimum absolute atomic E-state index is 0.00520. The molecule has 0 saturated carbocycles. The highest BCUT2D eigenvalue weighted by Crippen LogP contribution is 2.30. The van der Waals surface area contributed by atoms with Crippen molar-refractivity contribution in [1.29, 1.82) is 0 Å². The number of rotatable bonds is 12. The summed E-state index contributed by atoms with van der Waals surface area (Å²) in [5.41, 5.74) is 9.06. The summed E-state index contributed by atoms with van der Waals surface area (Å²) in [7, 11) is 0. The molecule has 1 saturated heterocycles. The first-order valence-corrected chi connectivity index (χ1v) is 12.8. The van der Waals surface area contributed by atoms with E-state index in [2.05, 4.69) is 36.2 Å². The molecule has 3 rings (SSSR count). The molecule has 2 heterocycles. The Morgan fingerprint density at radius 1 is 1.32 bits per heavy atom. The summed E-state index contributed by atoms with van der Waals surface area (Å²) >= 11 is 2.80. The van der Waals surface area contributed by atoms with Gasteiger partial charge < -0.3 is 15.7 Å². The third kappa shape index (κ3) is 6.54. The van der Waals surface area contributed by atoms with Gasteiger partial charge in [-0.3, -0.25) is 4.79 Å². The second-order valence-electron chi connectivity index (χ2n) is 7.92. The Morgan fingerprint density at radius 2 is 2.10 bits per heavy atom. The van der Waals surface area contributed by atoms with Gasteiger partial charge in [0.1, 0.15) is 0 Å². The first kappa shape index (κ1) is 23.8. The van der Waals surface area contributed by atoms with Crippen LogP contribution in [0.3, 0.4) is 0 Å². The van der Waals surface area contributed by atoms with Crippen molar-refractivity contribution < 1.29 is 14.7 Å². The first-order valence-electron chi connectivity index (χ1n) is 10.9. The van der Waals surface area contributed by atoms with Crippen molar-refractivity contribution in [3.8, 4) is 0 Å². The molecule has 3 N–H and O–H groups in total. The number of benzene rings is 1. The maximum atomic E-state index is 12.5. The van der Waals surface area contributed by atoms with Gasteiger partial charge in [0.2, 0.25) is 5.91 Å². The molecule has 1 aromatic carbocycles. The Hall–Kier alpha value is -1.90. The number of thioether (sulfide) groups is 1. The summed E-state index contributed by atoms with van der Waals surface area (Å²) in [6.45, 7) is 2.81. The largest absolute Gasteiger partial charge is 0.476 e. The molecule has 0 aliphatic carbocycles. The predicted octanol–water partition coefficient (Wildman–Crippen LogP) is 4.75. The van der Waals surface area contributed by atoms with Gasteiger partial charge in [-0.25, -0.2) is 9.78 Å². The van der Waals surface area contributed by atoms with E-state index in [9.17, 15) is 9.59 Å². The second-order valence-corrected chi connectivity index (χ2v) is 10.1. The third-order valence-corrected chi connectivity index (χ3v) is 7.73. The quantitative estimate of drug-likeness (QED) is 0.350. The van der Waals surface area contributed by atoms with Crippen LogP contribution in [-0.4, -0.2) is 45.2 Å². The number of hydrogen-bond acceptors (Lipinski definition) is 6. The van der Waals surface area contributed by atoms with Crippen LogP contribution in [0, 0.1) is 0 Å². The molecule has 168 valence electrons. The number of carboxylic acid groups (broad SMARTS) is 1. The monoisotopic (exact) mass is 461 g/mol. The standard InChI is InChI=1S/C23H31N3O3S2/c1-2-3-4-5-6-16-7-9-17(10-8-16)21(24)19-11-12-20(27)26(19)13-14-30-23-25-18(15-31-23)22(28)29/h7-10,15,19,21H,2-6,11-14,24H2,1H3,(H,28,29)/t19-,21?/m1/s1. The van der Waals surface area contributed by atoms with Gasteiger partial charge >= 0.3 is 5.97 Å². The SMILES string of the molecule is CCCCCCc1ccc(C(N)[C@H]2CCC(=O)N2CCSc2nc(C(=O)O)cs2)cc1. The van der Waals surface area contributed by atoms with Crippen LogP contribution in [0.5, 0.6) is 0 Å². The summed E-state index contributed by atoms with van der Waals surface area (Å²) < 4.78 is 0.708. The number of carboxylic acids is 1. The number of aryl methyl sites for hydroxylation is 1. The van der Waals surface area contributed by atoms with Crippen molar-refractivity contribution >= 4 is 35.0 Å². The minimum Gasteiger partial charge on any atom is -0.476 e. The molecule has 0 radical (unpaired) electrons. The number of likely N-dealkylation sites (tertiary alicyclic amines) is 1. The Balaban J connectivity index is 1.53. The minimum atomic E-state index is -1.02. The molecule has 1 fully saturated rings. The van der Waals surface area contributed by atoms with E-state index in [0.717, 1.165) is 18.4 Å². The lowest BCUT2D eigenvalue weighted by Gasteiger charge is -2.29. The van der Waals surface area contributed by atoms with E-state index in [0.29, 0.717) is 23.1 Å². The van der Waals surface area contributed by atoms with E-state index in [4.69, 9.17) is 10.8 Å². The van der Waals surface area contributed by atoms with Crippen LogP contribution in [0.4, 0.5) is 0 Å². The smallest absolute Gasteiger partial charge is 0.355 e. The molecular weight excluding hydrogens is 430 g/mol. The lowest BCUT2D eigenvalue weighted by atomic mass is 9.96. The zero-order valence-electron chi connectivity index (χ0n) is 18.0. The lowest BCUT2D eigenvalue weighted by Crippen LogP contribution is -2.41. The molecule has 1 aliphatic heterocycles. The number of thiazole rings is 1. The fraction of sp³-hybridized carbons (Fsp3) is 0.522. The molecule has 2 aromatic rings. The number of amides is 1. The number of hydrogen-bond donors (Lipinski definition) is 2. The van der Waals surface area contributed by atoms with Crippen molar-refractivity contribution in [1.82, 2.24) is 9.88 Å². The van der Waals surface area contributed by atoms with Crippen LogP contribution in [0.1, 0.15) is 73.1 Å². The van der Waals surface area contributed by atoms with Crippen LogP contribution in [0.2, 0.25) is 0 Å². The number of unbranched alkanes of at least 4 members (excludes halogenated alkanes) is 3. The average Bonchev–Trinajstić information content (AvgIpc) is 3.39. The number of nitrogens with zero attached hydrogens (tertiary/aromatic N) is 2. The van der Waals surface area contributed by atoms with E-state index in [1.54, 1.807) is 0 Å². The first-order chi connectivity index (χ1) is 15.0. The molecule has 6 nitrogen and oxygen atoms in total. The zero-order valence-corrected chi connectivity index (χ0v) is 19.6. The van der Waals surface area contributed by atoms with Gasteiger partial charge in [0.25, 0.3) is 0 Å². The van der Waals surface area contributed by atoms with Gasteiger partial charge in [0.05, 0.1) is 12.1 Å². The molecule has 1 aliphatic rings. The summed E-state index contributed by atoms with van der Waals surface area (Å²) in [6.07, 6.45) is 7.42. The van der Waals surface area contributed by atoms with Crippen molar-refractivity contribution in [2.45, 2.75) is 68.3 Å². The summed E-state index contributed by atoms with van der Waals surface area (Å²) in [5.74, 6) is -0.215. The van der Waals surface area contributed by atoms with E-state index >= 15 is 0 Å². The van der Waals surface area contributed by atoms with Gasteiger partial charge in [-0.15, -0.1) is 11.3 Å². The molecule has 1 amide bonds. The Kier molecular flexibility index (Phi) is 8.92. The molecule has 8 heteroatoms. The van der Waals surface area contributed by atoms with E-state index in [1.807, 2.05) is 4.90 Å². The zero-order chi connectivity index (χ0) is 22.2. The van der Waals surface area contributed by atoms with Crippen LogP contribution < -0.4 is 5.73 Å². The molecule has 2 atom stereocenters. The number of aromatic nitrogens is 1. The van der Waals surface area contributed by atoms with E-state index in [-0.39, 0.29) is 23.7 Å². The summed E-state index contributed by atoms with van der Waals surface area (Å²) in [6, 6.07) is 8.34. The maximum Gasteiger partial charge on any atom is 0.355 e. The third-order valence-electron chi connectivity index (χ3n) is 5.73. The number of carbonyl (C=O) groups is 2. The molecule has 1 aromatic heterocycles. The molecule has 31 heavy (non-hydrogen) atoms. The predicted molar refractivity (Wildman–Crippen MR) is 126 cm³/mol. The number of aromatic carboxylic acids is 1. The van der Waals surface area contributed by atoms with Gasteiger partial charge in [0.15, 0.2) is 10.0 Å². The van der Waals surface area contributed by atoms with Crippen LogP contribution in [0.25, 0.3) is 0 Å². The van der Waals surface area contributed by atoms with Gasteiger partial charge in [-0.2, -0.15) is 0 Å². The van der Waals surface area contributed by atoms with Crippen molar-refractivity contribution in [2.75, 3.05) is 12.3 Å². The molecule has 0 spiro atoms. The molecule has 0 bridgehead atoms. The van der Waals surface area contributed by atoms with Gasteiger partial charge in [-0.05, 0) is 30.4 Å². The molecular formula is C23H31N3O3S2.